The number of imide groups is 1. The van der Waals surface area contributed by atoms with Crippen molar-refractivity contribution in [2.45, 2.75) is 38.3 Å². The smallest absolute Gasteiger partial charge is 0.246 e. The molecule has 2 unspecified atom stereocenters. The van der Waals surface area contributed by atoms with Crippen molar-refractivity contribution < 1.29 is 14.3 Å². The summed E-state index contributed by atoms with van der Waals surface area (Å²) in [6.07, 6.45) is 1.85. The minimum Gasteiger partial charge on any atom is -0.497 e. The molecular formula is C16H22N2O3. The van der Waals surface area contributed by atoms with Gasteiger partial charge in [-0.25, -0.2) is 0 Å². The normalized spacial score (nSPS) is 20.5. The molecule has 21 heavy (non-hydrogen) atoms. The molecule has 2 rings (SSSR count). The number of nitrogens with one attached hydrogen (secondary N) is 1. The molecule has 1 aliphatic heterocycles. The number of hydrogen-bond acceptors (Lipinski definition) is 4. The monoisotopic (exact) mass is 290 g/mol. The summed E-state index contributed by atoms with van der Waals surface area (Å²) in [6, 6.07) is 7.63. The summed E-state index contributed by atoms with van der Waals surface area (Å²) >= 11 is 0. The first-order chi connectivity index (χ1) is 10.1. The van der Waals surface area contributed by atoms with E-state index in [1.807, 2.05) is 24.3 Å². The molecule has 0 aromatic heterocycles. The molecule has 114 valence electrons. The van der Waals surface area contributed by atoms with Gasteiger partial charge >= 0.3 is 0 Å². The number of likely N-dealkylation sites (N-methyl/N-ethyl adjacent to an activating group) is 1. The van der Waals surface area contributed by atoms with Gasteiger partial charge in [0.25, 0.3) is 0 Å². The highest BCUT2D eigenvalue weighted by atomic mass is 16.5. The highest BCUT2D eigenvalue weighted by Crippen LogP contribution is 2.22. The van der Waals surface area contributed by atoms with Gasteiger partial charge in [0.15, 0.2) is 0 Å². The lowest BCUT2D eigenvalue weighted by Gasteiger charge is -2.31. The van der Waals surface area contributed by atoms with Crippen LogP contribution in [0.1, 0.15) is 37.8 Å². The summed E-state index contributed by atoms with van der Waals surface area (Å²) in [5.74, 6) is 0.571. The Morgan fingerprint density at radius 3 is 2.57 bits per heavy atom. The minimum absolute atomic E-state index is 0.0893. The predicted molar refractivity (Wildman–Crippen MR) is 80.0 cm³/mol. The van der Waals surface area contributed by atoms with E-state index >= 15 is 0 Å². The van der Waals surface area contributed by atoms with Gasteiger partial charge < -0.3 is 4.74 Å². The second kappa shape index (κ2) is 6.72. The van der Waals surface area contributed by atoms with E-state index in [4.69, 9.17) is 4.74 Å². The van der Waals surface area contributed by atoms with E-state index in [1.165, 1.54) is 4.90 Å². The summed E-state index contributed by atoms with van der Waals surface area (Å²) in [5, 5.41) is 3.38. The molecule has 1 aromatic carbocycles. The number of ether oxygens (including phenoxy) is 1. The van der Waals surface area contributed by atoms with E-state index in [0.717, 1.165) is 17.7 Å². The van der Waals surface area contributed by atoms with Gasteiger partial charge in [-0.1, -0.05) is 19.1 Å². The number of benzene rings is 1. The van der Waals surface area contributed by atoms with Crippen LogP contribution in [0.2, 0.25) is 0 Å². The first-order valence-corrected chi connectivity index (χ1v) is 7.27. The molecule has 0 aliphatic carbocycles. The number of methoxy groups -OCH3 is 1. The first-order valence-electron chi connectivity index (χ1n) is 7.27. The van der Waals surface area contributed by atoms with Crippen LogP contribution in [0.3, 0.4) is 0 Å². The molecule has 1 fully saturated rings. The third kappa shape index (κ3) is 3.42. The van der Waals surface area contributed by atoms with Crippen molar-refractivity contribution in [2.75, 3.05) is 14.2 Å². The number of amides is 2. The van der Waals surface area contributed by atoms with Crippen molar-refractivity contribution in [3.63, 3.8) is 0 Å². The Bertz CT molecular complexity index is 513. The molecule has 0 spiro atoms. The van der Waals surface area contributed by atoms with Gasteiger partial charge in [0.1, 0.15) is 5.75 Å². The lowest BCUT2D eigenvalue weighted by atomic mass is 9.99. The largest absolute Gasteiger partial charge is 0.497 e. The number of carbonyl (C=O) groups excluding carboxylic acids is 2. The van der Waals surface area contributed by atoms with Gasteiger partial charge in [0, 0.05) is 19.5 Å². The van der Waals surface area contributed by atoms with Crippen LogP contribution in [0.25, 0.3) is 0 Å². The Balaban J connectivity index is 2.07. The Morgan fingerprint density at radius 1 is 1.33 bits per heavy atom. The molecule has 5 nitrogen and oxygen atoms in total. The highest BCUT2D eigenvalue weighted by Gasteiger charge is 2.32. The van der Waals surface area contributed by atoms with E-state index in [-0.39, 0.29) is 23.9 Å². The van der Waals surface area contributed by atoms with Crippen molar-refractivity contribution in [3.8, 4) is 5.75 Å². The second-order valence-corrected chi connectivity index (χ2v) is 5.28. The van der Waals surface area contributed by atoms with E-state index in [1.54, 1.807) is 14.2 Å². The standard InChI is InChI=1S/C16H22N2O3/c1-4-13(11-5-7-12(21-3)8-6-11)17-14-9-10-15(19)18(2)16(14)20/h5-8,13-14,17H,4,9-10H2,1-3H3. The summed E-state index contributed by atoms with van der Waals surface area (Å²) in [7, 11) is 3.19. The molecular weight excluding hydrogens is 268 g/mol. The number of nitrogens with zero attached hydrogens (tertiary/aromatic N) is 1. The highest BCUT2D eigenvalue weighted by molar-refractivity contribution is 6.00. The average Bonchev–Trinajstić information content (AvgIpc) is 2.52. The van der Waals surface area contributed by atoms with Gasteiger partial charge in [-0.05, 0) is 30.5 Å². The van der Waals surface area contributed by atoms with E-state index in [2.05, 4.69) is 12.2 Å². The van der Waals surface area contributed by atoms with Gasteiger partial charge in [0.2, 0.25) is 11.8 Å². The maximum Gasteiger partial charge on any atom is 0.246 e. The number of carbonyl (C=O) groups is 2. The van der Waals surface area contributed by atoms with Crippen molar-refractivity contribution in [1.82, 2.24) is 10.2 Å². The zero-order valence-corrected chi connectivity index (χ0v) is 12.8. The van der Waals surface area contributed by atoms with Crippen LogP contribution >= 0.6 is 0 Å². The zero-order valence-electron chi connectivity index (χ0n) is 12.8. The van der Waals surface area contributed by atoms with Crippen LogP contribution in [0.5, 0.6) is 5.75 Å². The third-order valence-corrected chi connectivity index (χ3v) is 3.98. The topological polar surface area (TPSA) is 58.6 Å². The molecule has 1 aromatic rings. The number of piperidine rings is 1. The summed E-state index contributed by atoms with van der Waals surface area (Å²) in [6.45, 7) is 2.07. The molecule has 1 N–H and O–H groups in total. The fraction of sp³-hybridized carbons (Fsp3) is 0.500. The lowest BCUT2D eigenvalue weighted by Crippen LogP contribution is -2.52. The molecule has 0 bridgehead atoms. The fourth-order valence-electron chi connectivity index (χ4n) is 2.60. The lowest BCUT2D eigenvalue weighted by molar-refractivity contribution is -0.148. The zero-order chi connectivity index (χ0) is 15.4. The van der Waals surface area contributed by atoms with Gasteiger partial charge in [0.05, 0.1) is 13.2 Å². The average molecular weight is 290 g/mol. The molecule has 5 heteroatoms. The summed E-state index contributed by atoms with van der Waals surface area (Å²) in [4.78, 5) is 24.9. The SMILES string of the molecule is CCC(NC1CCC(=O)N(C)C1=O)c1ccc(OC)cc1. The number of hydrogen-bond donors (Lipinski definition) is 1. The van der Waals surface area contributed by atoms with Crippen molar-refractivity contribution in [2.24, 2.45) is 0 Å². The van der Waals surface area contributed by atoms with Crippen LogP contribution in [0.15, 0.2) is 24.3 Å². The Morgan fingerprint density at radius 2 is 2.00 bits per heavy atom. The third-order valence-electron chi connectivity index (χ3n) is 3.98. The maximum absolute atomic E-state index is 12.1. The van der Waals surface area contributed by atoms with Gasteiger partial charge in [-0.3, -0.25) is 19.8 Å². The minimum atomic E-state index is -0.292. The van der Waals surface area contributed by atoms with Crippen LogP contribution < -0.4 is 10.1 Å². The summed E-state index contributed by atoms with van der Waals surface area (Å²) in [5.41, 5.74) is 1.12. The Labute approximate surface area is 125 Å². The molecule has 0 radical (unpaired) electrons. The van der Waals surface area contributed by atoms with E-state index in [0.29, 0.717) is 12.8 Å². The van der Waals surface area contributed by atoms with Crippen LogP contribution in [-0.2, 0) is 9.59 Å². The molecule has 2 atom stereocenters. The van der Waals surface area contributed by atoms with Crippen LogP contribution in [0.4, 0.5) is 0 Å². The van der Waals surface area contributed by atoms with Crippen molar-refractivity contribution in [3.05, 3.63) is 29.8 Å². The molecule has 1 heterocycles. The number of rotatable bonds is 5. The second-order valence-electron chi connectivity index (χ2n) is 5.28. The molecule has 2 amide bonds. The maximum atomic E-state index is 12.1. The van der Waals surface area contributed by atoms with Crippen LogP contribution in [0, 0.1) is 0 Å². The fourth-order valence-corrected chi connectivity index (χ4v) is 2.60. The molecule has 1 aliphatic rings. The molecule has 1 saturated heterocycles. The quantitative estimate of drug-likeness (QED) is 0.841. The Hall–Kier alpha value is -1.88. The summed E-state index contributed by atoms with van der Waals surface area (Å²) < 4.78 is 5.16. The van der Waals surface area contributed by atoms with E-state index < -0.39 is 0 Å². The van der Waals surface area contributed by atoms with Crippen molar-refractivity contribution in [1.29, 1.82) is 0 Å². The first kappa shape index (κ1) is 15.5. The van der Waals surface area contributed by atoms with Crippen LogP contribution in [-0.4, -0.2) is 36.9 Å². The molecule has 0 saturated carbocycles. The predicted octanol–water partition coefficient (Wildman–Crippen LogP) is 1.88. The van der Waals surface area contributed by atoms with Gasteiger partial charge in [-0.15, -0.1) is 0 Å². The van der Waals surface area contributed by atoms with E-state index in [9.17, 15) is 9.59 Å². The van der Waals surface area contributed by atoms with Gasteiger partial charge in [-0.2, -0.15) is 0 Å². The van der Waals surface area contributed by atoms with Crippen molar-refractivity contribution >= 4 is 11.8 Å². The number of likely N-dealkylation sites (tertiary alicyclic amines) is 1. The Kier molecular flexibility index (Phi) is 4.96.